The summed E-state index contributed by atoms with van der Waals surface area (Å²) in [7, 11) is 3.33. The Labute approximate surface area is 177 Å². The Kier molecular flexibility index (Phi) is 7.65. The Morgan fingerprint density at radius 3 is 2.43 bits per heavy atom. The number of piperazine rings is 1. The van der Waals surface area contributed by atoms with E-state index in [1.165, 1.54) is 6.07 Å². The number of nitrogens with zero attached hydrogens (tertiary/aromatic N) is 2. The number of aryl methyl sites for hydroxylation is 1. The first-order valence-corrected chi connectivity index (χ1v) is 10.2. The predicted molar refractivity (Wildman–Crippen MR) is 114 cm³/mol. The van der Waals surface area contributed by atoms with E-state index >= 15 is 0 Å². The van der Waals surface area contributed by atoms with E-state index in [1.54, 1.807) is 27.2 Å². The molecule has 1 aliphatic heterocycles. The molecule has 1 aliphatic rings. The maximum atomic E-state index is 13.6. The minimum absolute atomic E-state index is 0.0427. The summed E-state index contributed by atoms with van der Waals surface area (Å²) in [5.41, 5.74) is 2.46. The molecule has 30 heavy (non-hydrogen) atoms. The summed E-state index contributed by atoms with van der Waals surface area (Å²) < 4.78 is 24.4. The van der Waals surface area contributed by atoms with E-state index < -0.39 is 0 Å². The van der Waals surface area contributed by atoms with Crippen LogP contribution in [0.15, 0.2) is 36.4 Å². The summed E-state index contributed by atoms with van der Waals surface area (Å²) in [6.45, 7) is 6.57. The zero-order valence-electron chi connectivity index (χ0n) is 17.9. The fourth-order valence-corrected chi connectivity index (χ4v) is 3.56. The molecule has 0 saturated carbocycles. The second-order valence-corrected chi connectivity index (χ2v) is 7.59. The predicted octanol–water partition coefficient (Wildman–Crippen LogP) is 2.59. The van der Waals surface area contributed by atoms with Crippen LogP contribution in [0, 0.1) is 12.7 Å². The highest BCUT2D eigenvalue weighted by Crippen LogP contribution is 2.25. The molecule has 6 nitrogen and oxygen atoms in total. The number of hydrogen-bond donors (Lipinski definition) is 1. The molecule has 1 amide bonds. The van der Waals surface area contributed by atoms with Gasteiger partial charge in [0.15, 0.2) is 0 Å². The maximum Gasteiger partial charge on any atom is 0.234 e. The Balaban J connectivity index is 1.44. The van der Waals surface area contributed by atoms with Crippen LogP contribution in [0.25, 0.3) is 0 Å². The number of benzene rings is 2. The summed E-state index contributed by atoms with van der Waals surface area (Å²) in [5.74, 6) is 1.38. The summed E-state index contributed by atoms with van der Waals surface area (Å²) >= 11 is 0. The van der Waals surface area contributed by atoms with Gasteiger partial charge in [0.25, 0.3) is 0 Å². The molecule has 1 fully saturated rings. The minimum atomic E-state index is -0.245. The monoisotopic (exact) mass is 415 g/mol. The van der Waals surface area contributed by atoms with Gasteiger partial charge in [-0.05, 0) is 42.3 Å². The highest BCUT2D eigenvalue weighted by molar-refractivity contribution is 5.78. The standard InChI is InChI=1S/C23H30FN3O3/c1-17-4-5-18(12-21(17)24)14-25-23(28)16-27-10-8-26(9-11-27)15-19-13-20(29-2)6-7-22(19)30-3/h4-7,12-13H,8-11,14-16H2,1-3H3,(H,25,28). The number of nitrogens with one attached hydrogen (secondary N) is 1. The van der Waals surface area contributed by atoms with Crippen LogP contribution in [-0.4, -0.2) is 62.7 Å². The van der Waals surface area contributed by atoms with Crippen molar-refractivity contribution in [1.29, 1.82) is 0 Å². The lowest BCUT2D eigenvalue weighted by atomic mass is 10.1. The van der Waals surface area contributed by atoms with Crippen molar-refractivity contribution in [1.82, 2.24) is 15.1 Å². The van der Waals surface area contributed by atoms with E-state index in [0.29, 0.717) is 18.7 Å². The molecule has 162 valence electrons. The van der Waals surface area contributed by atoms with E-state index in [1.807, 2.05) is 24.3 Å². The van der Waals surface area contributed by atoms with Crippen LogP contribution in [0.3, 0.4) is 0 Å². The molecule has 0 spiro atoms. The van der Waals surface area contributed by atoms with Gasteiger partial charge in [-0.15, -0.1) is 0 Å². The number of halogens is 1. The highest BCUT2D eigenvalue weighted by Gasteiger charge is 2.20. The summed E-state index contributed by atoms with van der Waals surface area (Å²) in [5, 5.41) is 2.88. The SMILES string of the molecule is COc1ccc(OC)c(CN2CCN(CC(=O)NCc3ccc(C)c(F)c3)CC2)c1. The first kappa shape index (κ1) is 22.1. The average Bonchev–Trinajstić information content (AvgIpc) is 2.76. The summed E-state index contributed by atoms with van der Waals surface area (Å²) in [6, 6.07) is 10.9. The minimum Gasteiger partial charge on any atom is -0.497 e. The van der Waals surface area contributed by atoms with Crippen molar-refractivity contribution in [2.45, 2.75) is 20.0 Å². The zero-order valence-corrected chi connectivity index (χ0v) is 17.9. The Hall–Kier alpha value is -2.64. The van der Waals surface area contributed by atoms with Crippen LogP contribution in [0.5, 0.6) is 11.5 Å². The molecule has 1 saturated heterocycles. The topological polar surface area (TPSA) is 54.0 Å². The molecule has 1 N–H and O–H groups in total. The van der Waals surface area contributed by atoms with E-state index in [-0.39, 0.29) is 11.7 Å². The van der Waals surface area contributed by atoms with Crippen molar-refractivity contribution in [2.24, 2.45) is 0 Å². The van der Waals surface area contributed by atoms with Gasteiger partial charge in [-0.1, -0.05) is 12.1 Å². The molecule has 1 heterocycles. The molecule has 0 unspecified atom stereocenters. The third-order valence-corrected chi connectivity index (χ3v) is 5.44. The average molecular weight is 416 g/mol. The van der Waals surface area contributed by atoms with Crippen LogP contribution in [0.1, 0.15) is 16.7 Å². The zero-order chi connectivity index (χ0) is 21.5. The maximum absolute atomic E-state index is 13.6. The molecule has 0 aromatic heterocycles. The lowest BCUT2D eigenvalue weighted by molar-refractivity contribution is -0.122. The number of hydrogen-bond acceptors (Lipinski definition) is 5. The van der Waals surface area contributed by atoms with E-state index in [0.717, 1.165) is 55.3 Å². The van der Waals surface area contributed by atoms with Crippen molar-refractivity contribution in [3.8, 4) is 11.5 Å². The van der Waals surface area contributed by atoms with Crippen LogP contribution >= 0.6 is 0 Å². The number of ether oxygens (including phenoxy) is 2. The third kappa shape index (κ3) is 5.93. The molecule has 0 atom stereocenters. The molecule has 0 bridgehead atoms. The molecule has 3 rings (SSSR count). The van der Waals surface area contributed by atoms with Gasteiger partial charge < -0.3 is 14.8 Å². The second kappa shape index (κ2) is 10.4. The summed E-state index contributed by atoms with van der Waals surface area (Å²) in [6.07, 6.45) is 0. The number of carbonyl (C=O) groups is 1. The van der Waals surface area contributed by atoms with Gasteiger partial charge in [-0.2, -0.15) is 0 Å². The van der Waals surface area contributed by atoms with Crippen molar-refractivity contribution < 1.29 is 18.7 Å². The number of carbonyl (C=O) groups excluding carboxylic acids is 1. The fourth-order valence-electron chi connectivity index (χ4n) is 3.56. The van der Waals surface area contributed by atoms with Crippen LogP contribution in [-0.2, 0) is 17.9 Å². The van der Waals surface area contributed by atoms with Gasteiger partial charge in [0.1, 0.15) is 17.3 Å². The normalized spacial score (nSPS) is 15.1. The third-order valence-electron chi connectivity index (χ3n) is 5.44. The Bertz CT molecular complexity index is 867. The van der Waals surface area contributed by atoms with E-state index in [9.17, 15) is 9.18 Å². The smallest absolute Gasteiger partial charge is 0.234 e. The lowest BCUT2D eigenvalue weighted by Crippen LogP contribution is -2.49. The van der Waals surface area contributed by atoms with Gasteiger partial charge in [0.05, 0.1) is 20.8 Å². The Morgan fingerprint density at radius 2 is 1.77 bits per heavy atom. The van der Waals surface area contributed by atoms with Gasteiger partial charge in [-0.25, -0.2) is 4.39 Å². The number of methoxy groups -OCH3 is 2. The lowest BCUT2D eigenvalue weighted by Gasteiger charge is -2.34. The van der Waals surface area contributed by atoms with Crippen LogP contribution < -0.4 is 14.8 Å². The largest absolute Gasteiger partial charge is 0.497 e. The van der Waals surface area contributed by atoms with Gasteiger partial charge >= 0.3 is 0 Å². The van der Waals surface area contributed by atoms with Crippen molar-refractivity contribution >= 4 is 5.91 Å². The van der Waals surface area contributed by atoms with Crippen molar-refractivity contribution in [3.05, 3.63) is 58.9 Å². The van der Waals surface area contributed by atoms with Gasteiger partial charge in [-0.3, -0.25) is 14.6 Å². The van der Waals surface area contributed by atoms with E-state index in [2.05, 4.69) is 15.1 Å². The molecule has 2 aromatic rings. The number of rotatable bonds is 8. The fraction of sp³-hybridized carbons (Fsp3) is 0.435. The summed E-state index contributed by atoms with van der Waals surface area (Å²) in [4.78, 5) is 16.8. The molecule has 2 aromatic carbocycles. The van der Waals surface area contributed by atoms with Crippen molar-refractivity contribution in [3.63, 3.8) is 0 Å². The van der Waals surface area contributed by atoms with Gasteiger partial charge in [0, 0.05) is 44.8 Å². The second-order valence-electron chi connectivity index (χ2n) is 7.59. The number of amides is 1. The van der Waals surface area contributed by atoms with Crippen LogP contribution in [0.2, 0.25) is 0 Å². The Morgan fingerprint density at radius 1 is 1.03 bits per heavy atom. The van der Waals surface area contributed by atoms with Gasteiger partial charge in [0.2, 0.25) is 5.91 Å². The molecular formula is C23H30FN3O3. The molecule has 0 radical (unpaired) electrons. The van der Waals surface area contributed by atoms with Crippen molar-refractivity contribution in [2.75, 3.05) is 46.9 Å². The first-order valence-electron chi connectivity index (χ1n) is 10.2. The molecule has 7 heteroatoms. The molecule has 0 aliphatic carbocycles. The molecular weight excluding hydrogens is 385 g/mol. The van der Waals surface area contributed by atoms with Crippen LogP contribution in [0.4, 0.5) is 4.39 Å². The van der Waals surface area contributed by atoms with E-state index in [4.69, 9.17) is 9.47 Å². The first-order chi connectivity index (χ1) is 14.5. The highest BCUT2D eigenvalue weighted by atomic mass is 19.1. The quantitative estimate of drug-likeness (QED) is 0.718.